The Bertz CT molecular complexity index is 573. The van der Waals surface area contributed by atoms with Gasteiger partial charge in [0.1, 0.15) is 0 Å². The van der Waals surface area contributed by atoms with Crippen LogP contribution in [0.4, 0.5) is 0 Å². The van der Waals surface area contributed by atoms with Gasteiger partial charge in [0.15, 0.2) is 5.76 Å². The SMILES string of the molecule is O=C(N[C@H]1CN(Cc2ccccc2)CC[C@@H]1CO)C1=CCCCO1. The highest BCUT2D eigenvalue weighted by Crippen LogP contribution is 2.20. The molecule has 0 unspecified atom stereocenters. The van der Waals surface area contributed by atoms with Gasteiger partial charge in [0, 0.05) is 31.7 Å². The van der Waals surface area contributed by atoms with Gasteiger partial charge >= 0.3 is 0 Å². The molecule has 24 heavy (non-hydrogen) atoms. The van der Waals surface area contributed by atoms with Gasteiger partial charge in [-0.15, -0.1) is 0 Å². The summed E-state index contributed by atoms with van der Waals surface area (Å²) in [5, 5.41) is 12.7. The Hall–Kier alpha value is -1.85. The number of piperidine rings is 1. The van der Waals surface area contributed by atoms with Crippen LogP contribution in [-0.4, -0.2) is 48.3 Å². The Labute approximate surface area is 143 Å². The third-order valence-corrected chi connectivity index (χ3v) is 4.80. The van der Waals surface area contributed by atoms with Gasteiger partial charge in [0.25, 0.3) is 5.91 Å². The number of aliphatic hydroxyl groups is 1. The van der Waals surface area contributed by atoms with Gasteiger partial charge in [0.2, 0.25) is 0 Å². The summed E-state index contributed by atoms with van der Waals surface area (Å²) < 4.78 is 5.45. The second kappa shape index (κ2) is 8.31. The number of hydrogen-bond acceptors (Lipinski definition) is 4. The lowest BCUT2D eigenvalue weighted by atomic mass is 9.91. The Morgan fingerprint density at radius 1 is 1.33 bits per heavy atom. The summed E-state index contributed by atoms with van der Waals surface area (Å²) in [4.78, 5) is 14.7. The molecule has 130 valence electrons. The molecule has 0 aromatic heterocycles. The smallest absolute Gasteiger partial charge is 0.286 e. The molecule has 1 amide bonds. The summed E-state index contributed by atoms with van der Waals surface area (Å²) in [7, 11) is 0. The Morgan fingerprint density at radius 3 is 2.88 bits per heavy atom. The molecule has 2 atom stereocenters. The Balaban J connectivity index is 1.60. The zero-order chi connectivity index (χ0) is 16.8. The van der Waals surface area contributed by atoms with Crippen molar-refractivity contribution in [1.82, 2.24) is 10.2 Å². The van der Waals surface area contributed by atoms with Crippen LogP contribution >= 0.6 is 0 Å². The van der Waals surface area contributed by atoms with E-state index in [1.807, 2.05) is 24.3 Å². The number of benzene rings is 1. The topological polar surface area (TPSA) is 61.8 Å². The van der Waals surface area contributed by atoms with E-state index in [1.165, 1.54) is 5.56 Å². The predicted octanol–water partition coefficient (Wildman–Crippen LogP) is 1.68. The van der Waals surface area contributed by atoms with Crippen LogP contribution in [0.2, 0.25) is 0 Å². The minimum Gasteiger partial charge on any atom is -0.488 e. The Morgan fingerprint density at radius 2 is 2.17 bits per heavy atom. The lowest BCUT2D eigenvalue weighted by Gasteiger charge is -2.38. The maximum Gasteiger partial charge on any atom is 0.286 e. The van der Waals surface area contributed by atoms with Crippen molar-refractivity contribution in [3.8, 4) is 0 Å². The summed E-state index contributed by atoms with van der Waals surface area (Å²) in [5.41, 5.74) is 1.27. The van der Waals surface area contributed by atoms with Crippen LogP contribution in [0.1, 0.15) is 24.8 Å². The predicted molar refractivity (Wildman–Crippen MR) is 92.1 cm³/mol. The number of aliphatic hydroxyl groups excluding tert-OH is 1. The number of carbonyl (C=O) groups is 1. The fourth-order valence-corrected chi connectivity index (χ4v) is 3.39. The second-order valence-corrected chi connectivity index (χ2v) is 6.59. The first kappa shape index (κ1) is 17.0. The van der Waals surface area contributed by atoms with Gasteiger partial charge < -0.3 is 15.2 Å². The van der Waals surface area contributed by atoms with Gasteiger partial charge in [-0.05, 0) is 37.4 Å². The van der Waals surface area contributed by atoms with E-state index in [0.717, 1.165) is 38.9 Å². The summed E-state index contributed by atoms with van der Waals surface area (Å²) in [5.74, 6) is 0.378. The number of nitrogens with zero attached hydrogens (tertiary/aromatic N) is 1. The summed E-state index contributed by atoms with van der Waals surface area (Å²) >= 11 is 0. The van der Waals surface area contributed by atoms with Crippen molar-refractivity contribution in [2.24, 2.45) is 5.92 Å². The fraction of sp³-hybridized carbons (Fsp3) is 0.526. The third kappa shape index (κ3) is 4.36. The number of amides is 1. The van der Waals surface area contributed by atoms with E-state index in [2.05, 4.69) is 22.3 Å². The number of rotatable bonds is 5. The van der Waals surface area contributed by atoms with Crippen molar-refractivity contribution in [2.45, 2.75) is 31.8 Å². The molecule has 1 aromatic rings. The molecule has 0 aliphatic carbocycles. The molecular formula is C19H26N2O3. The van der Waals surface area contributed by atoms with Gasteiger partial charge in [-0.25, -0.2) is 0 Å². The van der Waals surface area contributed by atoms with Gasteiger partial charge in [-0.2, -0.15) is 0 Å². The first-order chi connectivity index (χ1) is 11.8. The highest BCUT2D eigenvalue weighted by Gasteiger charge is 2.31. The number of ether oxygens (including phenoxy) is 1. The van der Waals surface area contributed by atoms with Crippen LogP contribution in [-0.2, 0) is 16.1 Å². The van der Waals surface area contributed by atoms with E-state index in [0.29, 0.717) is 12.4 Å². The highest BCUT2D eigenvalue weighted by molar-refractivity contribution is 5.91. The maximum atomic E-state index is 12.4. The number of nitrogens with one attached hydrogen (secondary N) is 1. The molecule has 2 aliphatic rings. The molecule has 2 heterocycles. The molecule has 0 radical (unpaired) electrons. The van der Waals surface area contributed by atoms with Crippen LogP contribution in [0, 0.1) is 5.92 Å². The lowest BCUT2D eigenvalue weighted by Crippen LogP contribution is -2.53. The normalized spacial score (nSPS) is 24.8. The van der Waals surface area contributed by atoms with Crippen LogP contribution in [0.25, 0.3) is 0 Å². The van der Waals surface area contributed by atoms with E-state index >= 15 is 0 Å². The van der Waals surface area contributed by atoms with Crippen molar-refractivity contribution in [3.63, 3.8) is 0 Å². The molecule has 5 nitrogen and oxygen atoms in total. The van der Waals surface area contributed by atoms with Gasteiger partial charge in [0.05, 0.1) is 6.61 Å². The monoisotopic (exact) mass is 330 g/mol. The van der Waals surface area contributed by atoms with Crippen LogP contribution in [0.15, 0.2) is 42.2 Å². The first-order valence-corrected chi connectivity index (χ1v) is 8.77. The van der Waals surface area contributed by atoms with Crippen molar-refractivity contribution < 1.29 is 14.6 Å². The van der Waals surface area contributed by atoms with Crippen molar-refractivity contribution in [1.29, 1.82) is 0 Å². The zero-order valence-electron chi connectivity index (χ0n) is 14.0. The number of carbonyl (C=O) groups excluding carboxylic acids is 1. The van der Waals surface area contributed by atoms with Crippen LogP contribution < -0.4 is 5.32 Å². The van der Waals surface area contributed by atoms with E-state index in [-0.39, 0.29) is 24.5 Å². The van der Waals surface area contributed by atoms with Crippen molar-refractivity contribution in [3.05, 3.63) is 47.7 Å². The summed E-state index contributed by atoms with van der Waals surface area (Å²) in [6.45, 7) is 3.26. The largest absolute Gasteiger partial charge is 0.488 e. The summed E-state index contributed by atoms with van der Waals surface area (Å²) in [6, 6.07) is 10.3. The molecule has 1 aromatic carbocycles. The highest BCUT2D eigenvalue weighted by atomic mass is 16.5. The molecule has 2 N–H and O–H groups in total. The van der Waals surface area contributed by atoms with E-state index in [1.54, 1.807) is 0 Å². The molecule has 3 rings (SSSR count). The van der Waals surface area contributed by atoms with Gasteiger partial charge in [-0.1, -0.05) is 30.3 Å². The average molecular weight is 330 g/mol. The lowest BCUT2D eigenvalue weighted by molar-refractivity contribution is -0.123. The summed E-state index contributed by atoms with van der Waals surface area (Å²) in [6.07, 6.45) is 4.59. The minimum atomic E-state index is -0.153. The zero-order valence-corrected chi connectivity index (χ0v) is 14.0. The molecular weight excluding hydrogens is 304 g/mol. The molecule has 2 aliphatic heterocycles. The van der Waals surface area contributed by atoms with Crippen LogP contribution in [0.5, 0.6) is 0 Å². The maximum absolute atomic E-state index is 12.4. The first-order valence-electron chi connectivity index (χ1n) is 8.77. The number of hydrogen-bond donors (Lipinski definition) is 2. The van der Waals surface area contributed by atoms with Crippen LogP contribution in [0.3, 0.4) is 0 Å². The van der Waals surface area contributed by atoms with Gasteiger partial charge in [-0.3, -0.25) is 9.69 Å². The molecule has 0 saturated carbocycles. The minimum absolute atomic E-state index is 0.0496. The fourth-order valence-electron chi connectivity index (χ4n) is 3.39. The van der Waals surface area contributed by atoms with Crippen molar-refractivity contribution in [2.75, 3.05) is 26.3 Å². The average Bonchev–Trinajstić information content (AvgIpc) is 2.63. The molecule has 0 spiro atoms. The van der Waals surface area contributed by atoms with E-state index in [4.69, 9.17) is 4.74 Å². The molecule has 0 bridgehead atoms. The van der Waals surface area contributed by atoms with Crippen molar-refractivity contribution >= 4 is 5.91 Å². The standard InChI is InChI=1S/C19H26N2O3/c22-14-16-9-10-21(12-15-6-2-1-3-7-15)13-17(16)20-19(23)18-8-4-5-11-24-18/h1-3,6-8,16-17,22H,4-5,9-14H2,(H,20,23)/t16-,17+/m1/s1. The molecule has 1 fully saturated rings. The van der Waals surface area contributed by atoms with E-state index < -0.39 is 0 Å². The quantitative estimate of drug-likeness (QED) is 0.862. The molecule has 1 saturated heterocycles. The second-order valence-electron chi connectivity index (χ2n) is 6.59. The number of allylic oxidation sites excluding steroid dienone is 1. The molecule has 5 heteroatoms. The van der Waals surface area contributed by atoms with E-state index in [9.17, 15) is 9.90 Å². The third-order valence-electron chi connectivity index (χ3n) is 4.80. The number of likely N-dealkylation sites (tertiary alicyclic amines) is 1. The Kier molecular flexibility index (Phi) is 5.88.